The molecule has 0 radical (unpaired) electrons. The maximum Gasteiger partial charge on any atom is 0.254 e. The summed E-state index contributed by atoms with van der Waals surface area (Å²) in [5.74, 6) is 1.52. The van der Waals surface area contributed by atoms with Gasteiger partial charge < -0.3 is 19.1 Å². The van der Waals surface area contributed by atoms with Crippen LogP contribution in [0.5, 0.6) is 0 Å². The van der Waals surface area contributed by atoms with Crippen LogP contribution in [0.1, 0.15) is 59.7 Å². The van der Waals surface area contributed by atoms with Gasteiger partial charge in [-0.1, -0.05) is 24.6 Å². The number of benzene rings is 1. The van der Waals surface area contributed by atoms with Gasteiger partial charge in [-0.3, -0.25) is 9.69 Å². The summed E-state index contributed by atoms with van der Waals surface area (Å²) in [6, 6.07) is 14.6. The Bertz CT molecular complexity index is 1040. The van der Waals surface area contributed by atoms with Gasteiger partial charge in [0, 0.05) is 18.3 Å². The standard InChI is InChI=1S/C26H31N3O3/c1-19-16-20-8-3-4-9-22(20)29(19)18-25-21(11-15-32-25)26(30)27-17-23(24-10-7-14-31-24)28-12-5-2-6-13-28/h3-4,7-11,14-15,19,23H,2,5-6,12-13,16-18H2,1H3,(H,27,30). The molecule has 1 saturated heterocycles. The number of furan rings is 2. The molecule has 6 heteroatoms. The second-order valence-corrected chi connectivity index (χ2v) is 8.91. The van der Waals surface area contributed by atoms with Crippen molar-refractivity contribution >= 4 is 11.6 Å². The smallest absolute Gasteiger partial charge is 0.254 e. The first-order valence-corrected chi connectivity index (χ1v) is 11.7. The summed E-state index contributed by atoms with van der Waals surface area (Å²) in [6.45, 7) is 5.38. The van der Waals surface area contributed by atoms with Gasteiger partial charge in [-0.05, 0) is 69.1 Å². The van der Waals surface area contributed by atoms with E-state index in [0.29, 0.717) is 30.5 Å². The second kappa shape index (κ2) is 9.25. The van der Waals surface area contributed by atoms with Gasteiger partial charge >= 0.3 is 0 Å². The van der Waals surface area contributed by atoms with Crippen LogP contribution in [0.2, 0.25) is 0 Å². The van der Waals surface area contributed by atoms with Crippen molar-refractivity contribution < 1.29 is 13.6 Å². The highest BCUT2D eigenvalue weighted by Crippen LogP contribution is 2.33. The minimum absolute atomic E-state index is 0.0510. The predicted octanol–water partition coefficient (Wildman–Crippen LogP) is 4.78. The number of carbonyl (C=O) groups is 1. The molecular formula is C26H31N3O3. The average Bonchev–Trinajstić information content (AvgIpc) is 3.56. The zero-order chi connectivity index (χ0) is 21.9. The number of piperidine rings is 1. The fourth-order valence-corrected chi connectivity index (χ4v) is 5.10. The Morgan fingerprint density at radius 2 is 1.91 bits per heavy atom. The fourth-order valence-electron chi connectivity index (χ4n) is 5.10. The molecule has 2 atom stereocenters. The van der Waals surface area contributed by atoms with Crippen molar-refractivity contribution in [1.82, 2.24) is 10.2 Å². The van der Waals surface area contributed by atoms with E-state index in [1.165, 1.54) is 30.5 Å². The number of likely N-dealkylation sites (tertiary alicyclic amines) is 1. The monoisotopic (exact) mass is 433 g/mol. The lowest BCUT2D eigenvalue weighted by Gasteiger charge is -2.33. The number of nitrogens with one attached hydrogen (secondary N) is 1. The van der Waals surface area contributed by atoms with Gasteiger partial charge in [-0.2, -0.15) is 0 Å². The Hall–Kier alpha value is -2.99. The third-order valence-electron chi connectivity index (χ3n) is 6.81. The van der Waals surface area contributed by atoms with Gasteiger partial charge in [-0.25, -0.2) is 0 Å². The first kappa shape index (κ1) is 20.9. The largest absolute Gasteiger partial charge is 0.468 e. The van der Waals surface area contributed by atoms with Crippen molar-refractivity contribution in [3.8, 4) is 0 Å². The molecule has 3 aromatic rings. The molecule has 6 nitrogen and oxygen atoms in total. The Morgan fingerprint density at radius 3 is 2.72 bits per heavy atom. The van der Waals surface area contributed by atoms with E-state index in [1.807, 2.05) is 12.1 Å². The van der Waals surface area contributed by atoms with E-state index in [1.54, 1.807) is 18.6 Å². The number of para-hydroxylation sites is 1. The third kappa shape index (κ3) is 4.19. The lowest BCUT2D eigenvalue weighted by Crippen LogP contribution is -2.40. The number of rotatable bonds is 7. The molecule has 1 N–H and O–H groups in total. The Kier molecular flexibility index (Phi) is 6.04. The van der Waals surface area contributed by atoms with Crippen LogP contribution in [0.15, 0.2) is 63.8 Å². The van der Waals surface area contributed by atoms with Gasteiger partial charge in [0.15, 0.2) is 0 Å². The van der Waals surface area contributed by atoms with Crippen LogP contribution in [0.4, 0.5) is 5.69 Å². The molecule has 0 bridgehead atoms. The summed E-state index contributed by atoms with van der Waals surface area (Å²) in [7, 11) is 0. The number of anilines is 1. The molecule has 2 unspecified atom stereocenters. The van der Waals surface area contributed by atoms with E-state index in [9.17, 15) is 4.79 Å². The highest BCUT2D eigenvalue weighted by molar-refractivity contribution is 5.95. The van der Waals surface area contributed by atoms with Crippen LogP contribution >= 0.6 is 0 Å². The second-order valence-electron chi connectivity index (χ2n) is 8.91. The molecule has 1 fully saturated rings. The highest BCUT2D eigenvalue weighted by atomic mass is 16.3. The van der Waals surface area contributed by atoms with Crippen LogP contribution < -0.4 is 10.2 Å². The van der Waals surface area contributed by atoms with Gasteiger partial charge in [0.05, 0.1) is 30.7 Å². The van der Waals surface area contributed by atoms with Crippen LogP contribution in [0, 0.1) is 0 Å². The van der Waals surface area contributed by atoms with Crippen LogP contribution in [0.25, 0.3) is 0 Å². The summed E-state index contributed by atoms with van der Waals surface area (Å²) in [5.41, 5.74) is 3.18. The molecule has 1 amide bonds. The first-order valence-electron chi connectivity index (χ1n) is 11.7. The molecule has 1 aromatic carbocycles. The summed E-state index contributed by atoms with van der Waals surface area (Å²) in [5, 5.41) is 3.15. The lowest BCUT2D eigenvalue weighted by molar-refractivity contribution is 0.0912. The zero-order valence-corrected chi connectivity index (χ0v) is 18.6. The maximum absolute atomic E-state index is 13.1. The number of fused-ring (bicyclic) bond motifs is 1. The van der Waals surface area contributed by atoms with Crippen molar-refractivity contribution in [3.05, 3.63) is 77.6 Å². The molecular weight excluding hydrogens is 402 g/mol. The van der Waals surface area contributed by atoms with E-state index in [2.05, 4.69) is 46.3 Å². The zero-order valence-electron chi connectivity index (χ0n) is 18.6. The van der Waals surface area contributed by atoms with Crippen molar-refractivity contribution in [1.29, 1.82) is 0 Å². The Balaban J connectivity index is 1.28. The Morgan fingerprint density at radius 1 is 1.06 bits per heavy atom. The predicted molar refractivity (Wildman–Crippen MR) is 124 cm³/mol. The minimum atomic E-state index is -0.0950. The molecule has 168 valence electrons. The molecule has 2 aliphatic heterocycles. The van der Waals surface area contributed by atoms with Crippen LogP contribution in [0.3, 0.4) is 0 Å². The summed E-state index contributed by atoms with van der Waals surface area (Å²) in [6.07, 6.45) is 7.98. The number of amides is 1. The maximum atomic E-state index is 13.1. The van der Waals surface area contributed by atoms with Crippen molar-refractivity contribution in [2.75, 3.05) is 24.5 Å². The minimum Gasteiger partial charge on any atom is -0.468 e. The molecule has 4 heterocycles. The topological polar surface area (TPSA) is 61.9 Å². The van der Waals surface area contributed by atoms with Gasteiger partial charge in [0.1, 0.15) is 11.5 Å². The lowest BCUT2D eigenvalue weighted by atomic mass is 10.1. The van der Waals surface area contributed by atoms with Crippen LogP contribution in [-0.4, -0.2) is 36.5 Å². The molecule has 0 spiro atoms. The van der Waals surface area contributed by atoms with E-state index in [-0.39, 0.29) is 11.9 Å². The van der Waals surface area contributed by atoms with E-state index in [4.69, 9.17) is 8.83 Å². The van der Waals surface area contributed by atoms with Gasteiger partial charge in [0.2, 0.25) is 0 Å². The molecule has 0 aliphatic carbocycles. The van der Waals surface area contributed by atoms with Gasteiger partial charge in [0.25, 0.3) is 5.91 Å². The fraction of sp³-hybridized carbons (Fsp3) is 0.423. The number of nitrogens with zero attached hydrogens (tertiary/aromatic N) is 2. The molecule has 2 aliphatic rings. The van der Waals surface area contributed by atoms with E-state index < -0.39 is 0 Å². The molecule has 32 heavy (non-hydrogen) atoms. The number of carbonyl (C=O) groups excluding carboxylic acids is 1. The normalized spacial score (nSPS) is 19.7. The van der Waals surface area contributed by atoms with Crippen molar-refractivity contribution in [3.63, 3.8) is 0 Å². The quantitative estimate of drug-likeness (QED) is 0.581. The third-order valence-corrected chi connectivity index (χ3v) is 6.81. The van der Waals surface area contributed by atoms with E-state index >= 15 is 0 Å². The highest BCUT2D eigenvalue weighted by Gasteiger charge is 2.29. The number of hydrogen-bond donors (Lipinski definition) is 1. The summed E-state index contributed by atoms with van der Waals surface area (Å²) < 4.78 is 11.5. The Labute approximate surface area is 189 Å². The van der Waals surface area contributed by atoms with Crippen molar-refractivity contribution in [2.45, 2.75) is 51.2 Å². The van der Waals surface area contributed by atoms with E-state index in [0.717, 1.165) is 25.3 Å². The molecule has 5 rings (SSSR count). The molecule has 2 aromatic heterocycles. The SMILES string of the molecule is CC1Cc2ccccc2N1Cc1occc1C(=O)NCC(c1ccco1)N1CCCCC1. The molecule has 0 saturated carbocycles. The van der Waals surface area contributed by atoms with Crippen LogP contribution in [-0.2, 0) is 13.0 Å². The van der Waals surface area contributed by atoms with Crippen molar-refractivity contribution in [2.24, 2.45) is 0 Å². The first-order chi connectivity index (χ1) is 15.7. The average molecular weight is 434 g/mol. The summed E-state index contributed by atoms with van der Waals surface area (Å²) in [4.78, 5) is 17.9. The number of hydrogen-bond acceptors (Lipinski definition) is 5. The summed E-state index contributed by atoms with van der Waals surface area (Å²) >= 11 is 0. The van der Waals surface area contributed by atoms with Gasteiger partial charge in [-0.15, -0.1) is 0 Å².